The highest BCUT2D eigenvalue weighted by Gasteiger charge is 2.32. The SMILES string of the molecule is CCc1ncnc(N2CCC(C)C2CN)c1F. The second-order valence-electron chi connectivity index (χ2n) is 4.57. The van der Waals surface area contributed by atoms with Gasteiger partial charge in [0.15, 0.2) is 11.6 Å². The van der Waals surface area contributed by atoms with Crippen molar-refractivity contribution < 1.29 is 4.39 Å². The minimum Gasteiger partial charge on any atom is -0.350 e. The van der Waals surface area contributed by atoms with Gasteiger partial charge in [-0.3, -0.25) is 0 Å². The lowest BCUT2D eigenvalue weighted by Crippen LogP contribution is -2.39. The van der Waals surface area contributed by atoms with Gasteiger partial charge in [-0.2, -0.15) is 0 Å². The van der Waals surface area contributed by atoms with Gasteiger partial charge in [-0.25, -0.2) is 14.4 Å². The van der Waals surface area contributed by atoms with Crippen LogP contribution in [0.4, 0.5) is 10.2 Å². The number of hydrogen-bond donors (Lipinski definition) is 1. The highest BCUT2D eigenvalue weighted by atomic mass is 19.1. The Morgan fingerprint density at radius 2 is 2.29 bits per heavy atom. The maximum Gasteiger partial charge on any atom is 0.187 e. The molecule has 17 heavy (non-hydrogen) atoms. The lowest BCUT2D eigenvalue weighted by atomic mass is 10.0. The molecule has 0 aliphatic carbocycles. The Balaban J connectivity index is 2.34. The number of halogens is 1. The van der Waals surface area contributed by atoms with Crippen molar-refractivity contribution in [1.29, 1.82) is 0 Å². The van der Waals surface area contributed by atoms with Crippen LogP contribution >= 0.6 is 0 Å². The normalized spacial score (nSPS) is 24.4. The van der Waals surface area contributed by atoms with Crippen molar-refractivity contribution in [2.75, 3.05) is 18.0 Å². The molecule has 2 atom stereocenters. The summed E-state index contributed by atoms with van der Waals surface area (Å²) in [6, 6.07) is 0.184. The van der Waals surface area contributed by atoms with Gasteiger partial charge in [-0.1, -0.05) is 13.8 Å². The van der Waals surface area contributed by atoms with E-state index in [0.29, 0.717) is 30.4 Å². The van der Waals surface area contributed by atoms with Crippen molar-refractivity contribution in [2.45, 2.75) is 32.7 Å². The monoisotopic (exact) mass is 238 g/mol. The van der Waals surface area contributed by atoms with Gasteiger partial charge in [0.05, 0.1) is 5.69 Å². The van der Waals surface area contributed by atoms with Gasteiger partial charge in [0.1, 0.15) is 6.33 Å². The summed E-state index contributed by atoms with van der Waals surface area (Å²) in [5, 5.41) is 0. The van der Waals surface area contributed by atoms with E-state index in [1.807, 2.05) is 11.8 Å². The minimum atomic E-state index is -0.289. The zero-order chi connectivity index (χ0) is 12.4. The summed E-state index contributed by atoms with van der Waals surface area (Å²) in [4.78, 5) is 10.0. The van der Waals surface area contributed by atoms with Crippen LogP contribution in [0.2, 0.25) is 0 Å². The van der Waals surface area contributed by atoms with Gasteiger partial charge in [0.25, 0.3) is 0 Å². The average Bonchev–Trinajstić information content (AvgIpc) is 2.70. The summed E-state index contributed by atoms with van der Waals surface area (Å²) >= 11 is 0. The first-order chi connectivity index (χ1) is 8.19. The average molecular weight is 238 g/mol. The Hall–Kier alpha value is -1.23. The molecule has 0 saturated carbocycles. The second-order valence-corrected chi connectivity index (χ2v) is 4.57. The summed E-state index contributed by atoms with van der Waals surface area (Å²) in [5.74, 6) is 0.610. The number of nitrogens with two attached hydrogens (primary N) is 1. The van der Waals surface area contributed by atoms with Gasteiger partial charge >= 0.3 is 0 Å². The lowest BCUT2D eigenvalue weighted by Gasteiger charge is -2.27. The zero-order valence-electron chi connectivity index (χ0n) is 10.4. The molecular formula is C12H19FN4. The van der Waals surface area contributed by atoms with E-state index in [4.69, 9.17) is 5.73 Å². The molecule has 1 saturated heterocycles. The largest absolute Gasteiger partial charge is 0.350 e. The topological polar surface area (TPSA) is 55.0 Å². The predicted octanol–water partition coefficient (Wildman–Crippen LogP) is 1.35. The number of rotatable bonds is 3. The molecule has 0 amide bonds. The molecule has 94 valence electrons. The van der Waals surface area contributed by atoms with Crippen LogP contribution in [0.3, 0.4) is 0 Å². The minimum absolute atomic E-state index is 0.184. The molecule has 1 aromatic heterocycles. The van der Waals surface area contributed by atoms with Crippen LogP contribution in [0.5, 0.6) is 0 Å². The summed E-state index contributed by atoms with van der Waals surface area (Å²) < 4.78 is 14.2. The number of anilines is 1. The molecule has 1 aliphatic rings. The quantitative estimate of drug-likeness (QED) is 0.863. The Morgan fingerprint density at radius 3 is 2.94 bits per heavy atom. The maximum absolute atomic E-state index is 14.2. The fourth-order valence-corrected chi connectivity index (χ4v) is 2.47. The van der Waals surface area contributed by atoms with Crippen molar-refractivity contribution >= 4 is 5.82 Å². The first-order valence-electron chi connectivity index (χ1n) is 6.15. The van der Waals surface area contributed by atoms with Crippen molar-refractivity contribution in [1.82, 2.24) is 9.97 Å². The molecule has 0 bridgehead atoms. The van der Waals surface area contributed by atoms with Crippen molar-refractivity contribution in [3.05, 3.63) is 17.8 Å². The molecule has 1 aromatic rings. The molecule has 0 aromatic carbocycles. The molecule has 2 heterocycles. The summed E-state index contributed by atoms with van der Waals surface area (Å²) in [5.41, 5.74) is 6.24. The van der Waals surface area contributed by atoms with Crippen LogP contribution in [-0.2, 0) is 6.42 Å². The molecule has 4 nitrogen and oxygen atoms in total. The van der Waals surface area contributed by atoms with Crippen molar-refractivity contribution in [2.24, 2.45) is 11.7 Å². The van der Waals surface area contributed by atoms with E-state index in [9.17, 15) is 4.39 Å². The molecule has 1 aliphatic heterocycles. The van der Waals surface area contributed by atoms with Crippen LogP contribution in [0.1, 0.15) is 26.0 Å². The zero-order valence-corrected chi connectivity index (χ0v) is 10.4. The third-order valence-electron chi connectivity index (χ3n) is 3.57. The van der Waals surface area contributed by atoms with Gasteiger partial charge in [0.2, 0.25) is 0 Å². The van der Waals surface area contributed by atoms with Gasteiger partial charge in [0, 0.05) is 19.1 Å². The third kappa shape index (κ3) is 2.11. The smallest absolute Gasteiger partial charge is 0.187 e. The Labute approximate surface area is 101 Å². The van der Waals surface area contributed by atoms with Gasteiger partial charge < -0.3 is 10.6 Å². The Kier molecular flexibility index (Phi) is 3.57. The molecule has 5 heteroatoms. The highest BCUT2D eigenvalue weighted by molar-refractivity contribution is 5.44. The highest BCUT2D eigenvalue weighted by Crippen LogP contribution is 2.29. The number of hydrogen-bond acceptors (Lipinski definition) is 4. The van der Waals surface area contributed by atoms with Crippen LogP contribution in [0.25, 0.3) is 0 Å². The fraction of sp³-hybridized carbons (Fsp3) is 0.667. The molecule has 1 fully saturated rings. The van der Waals surface area contributed by atoms with Crippen LogP contribution in [0, 0.1) is 11.7 Å². The summed E-state index contributed by atoms with van der Waals surface area (Å²) in [6.45, 7) is 5.39. The fourth-order valence-electron chi connectivity index (χ4n) is 2.47. The van der Waals surface area contributed by atoms with E-state index in [2.05, 4.69) is 16.9 Å². The first-order valence-corrected chi connectivity index (χ1v) is 6.15. The maximum atomic E-state index is 14.2. The van der Waals surface area contributed by atoms with Gasteiger partial charge in [-0.05, 0) is 18.8 Å². The third-order valence-corrected chi connectivity index (χ3v) is 3.57. The number of aromatic nitrogens is 2. The summed E-state index contributed by atoms with van der Waals surface area (Å²) in [7, 11) is 0. The molecule has 2 rings (SSSR count). The Morgan fingerprint density at radius 1 is 1.53 bits per heavy atom. The van der Waals surface area contributed by atoms with Crippen molar-refractivity contribution in [3.63, 3.8) is 0 Å². The van der Waals surface area contributed by atoms with E-state index >= 15 is 0 Å². The molecular weight excluding hydrogens is 219 g/mol. The lowest BCUT2D eigenvalue weighted by molar-refractivity contribution is 0.508. The van der Waals surface area contributed by atoms with Crippen molar-refractivity contribution in [3.8, 4) is 0 Å². The van der Waals surface area contributed by atoms with Gasteiger partial charge in [-0.15, -0.1) is 0 Å². The summed E-state index contributed by atoms with van der Waals surface area (Å²) in [6.07, 6.45) is 3.05. The van der Waals surface area contributed by atoms with Crippen LogP contribution < -0.4 is 10.6 Å². The molecule has 2 N–H and O–H groups in total. The predicted molar refractivity (Wildman–Crippen MR) is 65.3 cm³/mol. The van der Waals surface area contributed by atoms with Crippen LogP contribution in [-0.4, -0.2) is 29.1 Å². The van der Waals surface area contributed by atoms with E-state index in [1.54, 1.807) is 0 Å². The molecule has 0 radical (unpaired) electrons. The molecule has 2 unspecified atom stereocenters. The van der Waals surface area contributed by atoms with E-state index < -0.39 is 0 Å². The van der Waals surface area contributed by atoms with E-state index in [0.717, 1.165) is 13.0 Å². The van der Waals surface area contributed by atoms with E-state index in [-0.39, 0.29) is 11.9 Å². The molecule has 0 spiro atoms. The number of nitrogens with zero attached hydrogens (tertiary/aromatic N) is 3. The number of aryl methyl sites for hydroxylation is 1. The second kappa shape index (κ2) is 4.96. The standard InChI is InChI=1S/C12H19FN4/c1-3-9-11(13)12(16-7-15-9)17-5-4-8(2)10(17)6-14/h7-8,10H,3-6,14H2,1-2H3. The first kappa shape index (κ1) is 12.2. The van der Waals surface area contributed by atoms with E-state index in [1.165, 1.54) is 6.33 Å². The van der Waals surface area contributed by atoms with Crippen LogP contribution in [0.15, 0.2) is 6.33 Å². The Bertz CT molecular complexity index is 396.